The zero-order valence-electron chi connectivity index (χ0n) is 17.9. The monoisotopic (exact) mass is 418 g/mol. The first kappa shape index (κ1) is 21.3. The minimum atomic E-state index is -1.03. The summed E-state index contributed by atoms with van der Waals surface area (Å²) < 4.78 is 23.8. The van der Waals surface area contributed by atoms with Crippen LogP contribution in [0.3, 0.4) is 0 Å². The Kier molecular flexibility index (Phi) is 5.19. The first-order valence-corrected chi connectivity index (χ1v) is 10.5. The predicted octanol–water partition coefficient (Wildman–Crippen LogP) is 2.24. The SMILES string of the molecule is C/C=C\C(=O)OC[C@]12CCC(C)=C[C@H]1OC1[C@H](O)[C@@H](OC(=O)/C=C/C)[C@@]2(C)C12CO2. The second-order valence-electron chi connectivity index (χ2n) is 8.98. The van der Waals surface area contributed by atoms with E-state index in [-0.39, 0.29) is 12.7 Å². The number of ether oxygens (including phenoxy) is 4. The molecule has 2 bridgehead atoms. The number of carbonyl (C=O) groups excluding carboxylic acids is 2. The predicted molar refractivity (Wildman–Crippen MR) is 107 cm³/mol. The summed E-state index contributed by atoms with van der Waals surface area (Å²) >= 11 is 0. The number of esters is 2. The van der Waals surface area contributed by atoms with Gasteiger partial charge in [-0.05, 0) is 33.6 Å². The van der Waals surface area contributed by atoms with E-state index >= 15 is 0 Å². The maximum atomic E-state index is 12.4. The first-order chi connectivity index (χ1) is 14.3. The fourth-order valence-corrected chi connectivity index (χ4v) is 5.87. The molecule has 164 valence electrons. The van der Waals surface area contributed by atoms with Gasteiger partial charge in [0.15, 0.2) is 0 Å². The van der Waals surface area contributed by atoms with Crippen LogP contribution in [-0.4, -0.2) is 60.3 Å². The molecule has 2 saturated heterocycles. The number of allylic oxidation sites excluding steroid dienone is 3. The number of epoxide rings is 1. The van der Waals surface area contributed by atoms with Gasteiger partial charge in [-0.1, -0.05) is 30.7 Å². The van der Waals surface area contributed by atoms with Crippen molar-refractivity contribution in [1.29, 1.82) is 0 Å². The lowest BCUT2D eigenvalue weighted by atomic mass is 9.51. The Morgan fingerprint density at radius 3 is 2.57 bits per heavy atom. The van der Waals surface area contributed by atoms with Crippen LogP contribution >= 0.6 is 0 Å². The van der Waals surface area contributed by atoms with Crippen molar-refractivity contribution in [3.8, 4) is 0 Å². The third-order valence-corrected chi connectivity index (χ3v) is 7.58. The molecule has 2 aliphatic carbocycles. The third kappa shape index (κ3) is 2.75. The van der Waals surface area contributed by atoms with Crippen molar-refractivity contribution in [2.24, 2.45) is 10.8 Å². The van der Waals surface area contributed by atoms with E-state index in [4.69, 9.17) is 18.9 Å². The van der Waals surface area contributed by atoms with Gasteiger partial charge in [-0.3, -0.25) is 0 Å². The summed E-state index contributed by atoms with van der Waals surface area (Å²) in [6.45, 7) is 8.01. The molecule has 0 aromatic heterocycles. The van der Waals surface area contributed by atoms with Crippen LogP contribution < -0.4 is 0 Å². The molecule has 2 heterocycles. The van der Waals surface area contributed by atoms with E-state index in [0.717, 1.165) is 6.42 Å². The van der Waals surface area contributed by atoms with Crippen molar-refractivity contribution in [3.05, 3.63) is 36.0 Å². The number of rotatable bonds is 5. The molecule has 0 aromatic carbocycles. The van der Waals surface area contributed by atoms with E-state index in [1.54, 1.807) is 26.0 Å². The Labute approximate surface area is 176 Å². The van der Waals surface area contributed by atoms with Gasteiger partial charge in [-0.15, -0.1) is 0 Å². The van der Waals surface area contributed by atoms with Gasteiger partial charge in [0.05, 0.1) is 18.1 Å². The molecule has 1 N–H and O–H groups in total. The minimum absolute atomic E-state index is 0.0866. The summed E-state index contributed by atoms with van der Waals surface area (Å²) in [5.41, 5.74) is -1.08. The molecule has 4 aliphatic rings. The summed E-state index contributed by atoms with van der Waals surface area (Å²) in [6, 6.07) is 0. The van der Waals surface area contributed by atoms with E-state index < -0.39 is 46.7 Å². The van der Waals surface area contributed by atoms with Crippen LogP contribution in [0.4, 0.5) is 0 Å². The molecular weight excluding hydrogens is 388 g/mol. The van der Waals surface area contributed by atoms with E-state index in [1.165, 1.54) is 17.7 Å². The van der Waals surface area contributed by atoms with Crippen molar-refractivity contribution >= 4 is 11.9 Å². The molecule has 0 radical (unpaired) electrons. The molecule has 2 aliphatic heterocycles. The van der Waals surface area contributed by atoms with Crippen LogP contribution in [0.2, 0.25) is 0 Å². The Bertz CT molecular complexity index is 823. The summed E-state index contributed by atoms with van der Waals surface area (Å²) in [5, 5.41) is 11.2. The molecule has 1 spiro atoms. The Morgan fingerprint density at radius 1 is 1.27 bits per heavy atom. The van der Waals surface area contributed by atoms with Gasteiger partial charge < -0.3 is 24.1 Å². The fourth-order valence-electron chi connectivity index (χ4n) is 5.87. The summed E-state index contributed by atoms with van der Waals surface area (Å²) in [7, 11) is 0. The first-order valence-electron chi connectivity index (χ1n) is 10.5. The molecule has 7 atom stereocenters. The number of fused-ring (bicyclic) bond motifs is 2. The highest BCUT2D eigenvalue weighted by Gasteiger charge is 2.85. The molecule has 30 heavy (non-hydrogen) atoms. The maximum absolute atomic E-state index is 12.4. The normalized spacial score (nSPS) is 44.2. The van der Waals surface area contributed by atoms with Gasteiger partial charge in [0, 0.05) is 17.6 Å². The second kappa shape index (κ2) is 7.32. The Balaban J connectivity index is 1.79. The lowest BCUT2D eigenvalue weighted by Gasteiger charge is -2.58. The van der Waals surface area contributed by atoms with Crippen molar-refractivity contribution in [1.82, 2.24) is 0 Å². The molecule has 0 aromatic rings. The molecular formula is C23H30O7. The zero-order chi connectivity index (χ0) is 21.7. The average molecular weight is 418 g/mol. The van der Waals surface area contributed by atoms with Gasteiger partial charge in [0.1, 0.15) is 30.5 Å². The van der Waals surface area contributed by atoms with E-state index in [1.807, 2.05) is 13.8 Å². The number of aliphatic hydroxyl groups excluding tert-OH is 1. The lowest BCUT2D eigenvalue weighted by Crippen LogP contribution is -2.66. The van der Waals surface area contributed by atoms with E-state index in [9.17, 15) is 14.7 Å². The van der Waals surface area contributed by atoms with Gasteiger partial charge >= 0.3 is 11.9 Å². The molecule has 1 saturated carbocycles. The highest BCUT2D eigenvalue weighted by atomic mass is 16.7. The molecule has 7 heteroatoms. The lowest BCUT2D eigenvalue weighted by molar-refractivity contribution is -0.232. The zero-order valence-corrected chi connectivity index (χ0v) is 17.9. The van der Waals surface area contributed by atoms with Gasteiger partial charge in [0.25, 0.3) is 0 Å². The van der Waals surface area contributed by atoms with Gasteiger partial charge in [-0.2, -0.15) is 0 Å². The van der Waals surface area contributed by atoms with Crippen molar-refractivity contribution in [2.75, 3.05) is 13.2 Å². The van der Waals surface area contributed by atoms with Crippen LogP contribution in [0.1, 0.15) is 40.5 Å². The molecule has 2 unspecified atom stereocenters. The van der Waals surface area contributed by atoms with Gasteiger partial charge in [0.2, 0.25) is 0 Å². The number of aliphatic hydroxyl groups is 1. The topological polar surface area (TPSA) is 94.6 Å². The van der Waals surface area contributed by atoms with Gasteiger partial charge in [-0.25, -0.2) is 9.59 Å². The van der Waals surface area contributed by atoms with E-state index in [0.29, 0.717) is 13.0 Å². The highest BCUT2D eigenvalue weighted by Crippen LogP contribution is 2.72. The largest absolute Gasteiger partial charge is 0.462 e. The van der Waals surface area contributed by atoms with Crippen molar-refractivity contribution in [2.45, 2.75) is 70.6 Å². The molecule has 3 fully saturated rings. The smallest absolute Gasteiger partial charge is 0.330 e. The molecule has 7 nitrogen and oxygen atoms in total. The molecule has 0 amide bonds. The highest BCUT2D eigenvalue weighted by molar-refractivity contribution is 5.82. The molecule has 4 rings (SSSR count). The standard InChI is InChI=1S/C23H30O7/c1-5-7-16(24)27-12-22-10-9-14(3)11-15(22)29-20-18(26)19(30-17(25)8-6-2)21(22,4)23(20)13-28-23/h5-8,11,15,18-20,26H,9-10,12-13H2,1-4H3/b7-5-,8-6+/t15-,18-,19-,20?,21-,22-,23?/m1/s1. The summed E-state index contributed by atoms with van der Waals surface area (Å²) in [6.07, 6.45) is 6.58. The number of hydrogen-bond donors (Lipinski definition) is 1. The summed E-state index contributed by atoms with van der Waals surface area (Å²) in [5.74, 6) is -0.958. The average Bonchev–Trinajstić information content (AvgIpc) is 3.48. The second-order valence-corrected chi connectivity index (χ2v) is 8.98. The maximum Gasteiger partial charge on any atom is 0.330 e. The van der Waals surface area contributed by atoms with Crippen molar-refractivity contribution in [3.63, 3.8) is 0 Å². The van der Waals surface area contributed by atoms with Crippen LogP contribution in [0.25, 0.3) is 0 Å². The van der Waals surface area contributed by atoms with E-state index in [2.05, 4.69) is 6.08 Å². The summed E-state index contributed by atoms with van der Waals surface area (Å²) in [4.78, 5) is 24.5. The van der Waals surface area contributed by atoms with Crippen LogP contribution in [0, 0.1) is 10.8 Å². The third-order valence-electron chi connectivity index (χ3n) is 7.58. The quantitative estimate of drug-likeness (QED) is 0.317. The van der Waals surface area contributed by atoms with Crippen LogP contribution in [-0.2, 0) is 28.5 Å². The number of carbonyl (C=O) groups is 2. The Hall–Kier alpha value is -1.96. The van der Waals surface area contributed by atoms with Crippen molar-refractivity contribution < 1.29 is 33.6 Å². The van der Waals surface area contributed by atoms with Crippen LogP contribution in [0.5, 0.6) is 0 Å². The fraction of sp³-hybridized carbons (Fsp3) is 0.652. The minimum Gasteiger partial charge on any atom is -0.462 e. The van der Waals surface area contributed by atoms with Crippen LogP contribution in [0.15, 0.2) is 36.0 Å². The Morgan fingerprint density at radius 2 is 1.93 bits per heavy atom. The number of hydrogen-bond acceptors (Lipinski definition) is 7.